The second kappa shape index (κ2) is 10.8. The van der Waals surface area contributed by atoms with Gasteiger partial charge in [0.1, 0.15) is 6.23 Å². The van der Waals surface area contributed by atoms with E-state index in [0.717, 1.165) is 10.5 Å². The van der Waals surface area contributed by atoms with E-state index >= 15 is 0 Å². The van der Waals surface area contributed by atoms with Crippen LogP contribution in [0.15, 0.2) is 30.3 Å². The molecule has 6 nitrogen and oxygen atoms in total. The van der Waals surface area contributed by atoms with Crippen LogP contribution in [0.4, 0.5) is 4.79 Å². The van der Waals surface area contributed by atoms with Crippen LogP contribution in [0.2, 0.25) is 0 Å². The number of amides is 3. The molecule has 0 saturated heterocycles. The maximum atomic E-state index is 13.0. The number of rotatable bonds is 9. The molecule has 3 amide bonds. The smallest absolute Gasteiger partial charge is 0.328 e. The number of ether oxygens (including phenoxy) is 1. The molecular formula is C19H30N2O4. The van der Waals surface area contributed by atoms with Gasteiger partial charge in [-0.25, -0.2) is 4.79 Å². The third-order valence-electron chi connectivity index (χ3n) is 3.86. The second-order valence-corrected chi connectivity index (χ2v) is 5.97. The van der Waals surface area contributed by atoms with Gasteiger partial charge in [-0.2, -0.15) is 0 Å². The number of aliphatic hydroxyl groups is 1. The zero-order chi connectivity index (χ0) is 18.8. The Bertz CT molecular complexity index is 533. The molecule has 0 aliphatic rings. The predicted octanol–water partition coefficient (Wildman–Crippen LogP) is 2.65. The minimum absolute atomic E-state index is 0.0216. The molecule has 0 bridgehead atoms. The van der Waals surface area contributed by atoms with E-state index in [-0.39, 0.29) is 18.9 Å². The minimum atomic E-state index is -0.780. The van der Waals surface area contributed by atoms with Crippen molar-refractivity contribution in [3.63, 3.8) is 0 Å². The van der Waals surface area contributed by atoms with Crippen LogP contribution in [0.5, 0.6) is 0 Å². The molecule has 140 valence electrons. The molecule has 0 aliphatic carbocycles. The fraction of sp³-hybridized carbons (Fsp3) is 0.579. The highest BCUT2D eigenvalue weighted by Gasteiger charge is 2.29. The van der Waals surface area contributed by atoms with E-state index in [0.29, 0.717) is 19.6 Å². The van der Waals surface area contributed by atoms with E-state index in [2.05, 4.69) is 0 Å². The number of urea groups is 1. The van der Waals surface area contributed by atoms with E-state index in [4.69, 9.17) is 4.74 Å². The van der Waals surface area contributed by atoms with E-state index in [9.17, 15) is 14.7 Å². The van der Waals surface area contributed by atoms with Crippen molar-refractivity contribution in [2.75, 3.05) is 19.7 Å². The quantitative estimate of drug-likeness (QED) is 0.695. The Labute approximate surface area is 150 Å². The Morgan fingerprint density at radius 3 is 2.32 bits per heavy atom. The maximum absolute atomic E-state index is 13.0. The van der Waals surface area contributed by atoms with E-state index < -0.39 is 18.4 Å². The average Bonchev–Trinajstić information content (AvgIpc) is 2.60. The SMILES string of the molecule is CCOC(C)N(CCc1ccccc1)C(=O)N(C[C@@H](C)O)C(=O)CC. The van der Waals surface area contributed by atoms with Crippen LogP contribution in [0.1, 0.15) is 39.7 Å². The van der Waals surface area contributed by atoms with Gasteiger partial charge in [0.05, 0.1) is 12.6 Å². The summed E-state index contributed by atoms with van der Waals surface area (Å²) < 4.78 is 5.59. The zero-order valence-corrected chi connectivity index (χ0v) is 15.6. The first kappa shape index (κ1) is 21.1. The van der Waals surface area contributed by atoms with Crippen molar-refractivity contribution in [1.29, 1.82) is 0 Å². The summed E-state index contributed by atoms with van der Waals surface area (Å²) in [7, 11) is 0. The Balaban J connectivity index is 2.94. The summed E-state index contributed by atoms with van der Waals surface area (Å²) in [5, 5.41) is 9.65. The van der Waals surface area contributed by atoms with Crippen molar-refractivity contribution in [1.82, 2.24) is 9.80 Å². The molecule has 0 aromatic heterocycles. The molecule has 1 N–H and O–H groups in total. The van der Waals surface area contributed by atoms with E-state index in [1.807, 2.05) is 37.3 Å². The van der Waals surface area contributed by atoms with Crippen LogP contribution in [0, 0.1) is 0 Å². The van der Waals surface area contributed by atoms with Gasteiger partial charge < -0.3 is 9.84 Å². The Morgan fingerprint density at radius 1 is 1.16 bits per heavy atom. The fourth-order valence-corrected chi connectivity index (χ4v) is 2.56. The first-order valence-electron chi connectivity index (χ1n) is 8.85. The summed E-state index contributed by atoms with van der Waals surface area (Å²) >= 11 is 0. The molecule has 0 saturated carbocycles. The second-order valence-electron chi connectivity index (χ2n) is 5.97. The Morgan fingerprint density at radius 2 is 1.80 bits per heavy atom. The van der Waals surface area contributed by atoms with Crippen molar-refractivity contribution in [3.8, 4) is 0 Å². The summed E-state index contributed by atoms with van der Waals surface area (Å²) in [6.45, 7) is 7.79. The fourth-order valence-electron chi connectivity index (χ4n) is 2.56. The molecule has 6 heteroatoms. The summed E-state index contributed by atoms with van der Waals surface area (Å²) in [4.78, 5) is 27.8. The number of carbonyl (C=O) groups is 2. The first-order valence-corrected chi connectivity index (χ1v) is 8.85. The summed E-state index contributed by atoms with van der Waals surface area (Å²) in [6, 6.07) is 9.42. The molecule has 0 radical (unpaired) electrons. The molecule has 1 aromatic carbocycles. The van der Waals surface area contributed by atoms with Crippen molar-refractivity contribution in [3.05, 3.63) is 35.9 Å². The largest absolute Gasteiger partial charge is 0.392 e. The van der Waals surface area contributed by atoms with Gasteiger partial charge in [-0.3, -0.25) is 14.6 Å². The lowest BCUT2D eigenvalue weighted by Gasteiger charge is -2.34. The van der Waals surface area contributed by atoms with E-state index in [1.54, 1.807) is 25.7 Å². The highest BCUT2D eigenvalue weighted by atomic mass is 16.5. The van der Waals surface area contributed by atoms with Crippen LogP contribution >= 0.6 is 0 Å². The normalized spacial score (nSPS) is 13.2. The number of imide groups is 1. The predicted molar refractivity (Wildman–Crippen MR) is 97.0 cm³/mol. The molecule has 0 spiro atoms. The topological polar surface area (TPSA) is 70.1 Å². The van der Waals surface area contributed by atoms with Crippen LogP contribution in [-0.4, -0.2) is 58.9 Å². The van der Waals surface area contributed by atoms with Crippen molar-refractivity contribution in [2.24, 2.45) is 0 Å². The van der Waals surface area contributed by atoms with Crippen LogP contribution < -0.4 is 0 Å². The van der Waals surface area contributed by atoms with Crippen molar-refractivity contribution >= 4 is 11.9 Å². The first-order chi connectivity index (χ1) is 11.9. The Kier molecular flexibility index (Phi) is 9.16. The molecule has 0 fully saturated rings. The van der Waals surface area contributed by atoms with Gasteiger partial charge in [0.2, 0.25) is 5.91 Å². The van der Waals surface area contributed by atoms with Crippen LogP contribution in [-0.2, 0) is 16.0 Å². The van der Waals surface area contributed by atoms with Gasteiger partial charge in [0, 0.05) is 19.6 Å². The third-order valence-corrected chi connectivity index (χ3v) is 3.86. The molecule has 2 atom stereocenters. The van der Waals surface area contributed by atoms with Crippen molar-refractivity contribution < 1.29 is 19.4 Å². The van der Waals surface area contributed by atoms with Gasteiger partial charge in [-0.1, -0.05) is 37.3 Å². The highest BCUT2D eigenvalue weighted by molar-refractivity contribution is 5.94. The zero-order valence-electron chi connectivity index (χ0n) is 15.6. The average molecular weight is 350 g/mol. The lowest BCUT2D eigenvalue weighted by Crippen LogP contribution is -2.52. The van der Waals surface area contributed by atoms with Gasteiger partial charge in [-0.15, -0.1) is 0 Å². The number of hydrogen-bond donors (Lipinski definition) is 1. The summed E-state index contributed by atoms with van der Waals surface area (Å²) in [6.07, 6.45) is -0.374. The minimum Gasteiger partial charge on any atom is -0.392 e. The molecule has 0 aliphatic heterocycles. The lowest BCUT2D eigenvalue weighted by molar-refractivity contribution is -0.130. The molecule has 0 heterocycles. The summed E-state index contributed by atoms with van der Waals surface area (Å²) in [5.41, 5.74) is 1.10. The molecular weight excluding hydrogens is 320 g/mol. The monoisotopic (exact) mass is 350 g/mol. The number of benzene rings is 1. The van der Waals surface area contributed by atoms with Gasteiger partial charge in [0.25, 0.3) is 0 Å². The number of hydrogen-bond acceptors (Lipinski definition) is 4. The highest BCUT2D eigenvalue weighted by Crippen LogP contribution is 2.11. The summed E-state index contributed by atoms with van der Waals surface area (Å²) in [5.74, 6) is -0.306. The molecule has 1 unspecified atom stereocenters. The van der Waals surface area contributed by atoms with Crippen LogP contribution in [0.3, 0.4) is 0 Å². The van der Waals surface area contributed by atoms with Crippen molar-refractivity contribution in [2.45, 2.75) is 52.9 Å². The molecule has 25 heavy (non-hydrogen) atoms. The van der Waals surface area contributed by atoms with Gasteiger partial charge in [-0.05, 0) is 32.8 Å². The molecule has 1 aromatic rings. The standard InChI is InChI=1S/C19H30N2O4/c1-5-18(23)21(14-15(3)22)19(24)20(16(4)25-6-2)13-12-17-10-8-7-9-11-17/h7-11,15-16,22H,5-6,12-14H2,1-4H3/t15-,16?/m1/s1. The van der Waals surface area contributed by atoms with E-state index in [1.165, 1.54) is 0 Å². The third kappa shape index (κ3) is 6.84. The number of nitrogens with zero attached hydrogens (tertiary/aromatic N) is 2. The van der Waals surface area contributed by atoms with Crippen LogP contribution in [0.25, 0.3) is 0 Å². The number of aliphatic hydroxyl groups excluding tert-OH is 1. The van der Waals surface area contributed by atoms with Gasteiger partial charge >= 0.3 is 6.03 Å². The van der Waals surface area contributed by atoms with Gasteiger partial charge in [0.15, 0.2) is 0 Å². The lowest BCUT2D eigenvalue weighted by atomic mass is 10.1. The molecule has 1 rings (SSSR count). The Hall–Kier alpha value is -1.92. The number of carbonyl (C=O) groups excluding carboxylic acids is 2. The maximum Gasteiger partial charge on any atom is 0.328 e.